The number of rotatable bonds is 8. The Bertz CT molecular complexity index is 1260. The Labute approximate surface area is 217 Å². The predicted molar refractivity (Wildman–Crippen MR) is 135 cm³/mol. The molecule has 204 valence electrons. The van der Waals surface area contributed by atoms with E-state index < -0.39 is 18.1 Å². The number of hydrogen-bond donors (Lipinski definition) is 3. The summed E-state index contributed by atoms with van der Waals surface area (Å²) in [4.78, 5) is 28.1. The second-order valence-electron chi connectivity index (χ2n) is 8.40. The number of ether oxygens (including phenoxy) is 2. The van der Waals surface area contributed by atoms with Crippen molar-refractivity contribution < 1.29 is 37.3 Å². The first-order valence-corrected chi connectivity index (χ1v) is 11.8. The summed E-state index contributed by atoms with van der Waals surface area (Å²) >= 11 is 0. The van der Waals surface area contributed by atoms with Crippen LogP contribution in [0.3, 0.4) is 0 Å². The van der Waals surface area contributed by atoms with Gasteiger partial charge < -0.3 is 30.5 Å². The Hall–Kier alpha value is -3.90. The van der Waals surface area contributed by atoms with Crippen molar-refractivity contribution in [2.45, 2.75) is 12.6 Å². The molecule has 9 nitrogen and oxygen atoms in total. The van der Waals surface area contributed by atoms with E-state index in [9.17, 15) is 18.0 Å². The van der Waals surface area contributed by atoms with Crippen molar-refractivity contribution in [3.8, 4) is 22.8 Å². The molecule has 1 aliphatic heterocycles. The Morgan fingerprint density at radius 2 is 1.79 bits per heavy atom. The van der Waals surface area contributed by atoms with E-state index >= 15 is 0 Å². The number of aromatic nitrogens is 1. The molecule has 2 heterocycles. The van der Waals surface area contributed by atoms with Crippen LogP contribution in [-0.4, -0.2) is 79.5 Å². The van der Waals surface area contributed by atoms with E-state index in [1.807, 2.05) is 42.5 Å². The number of primary amides is 1. The quantitative estimate of drug-likeness (QED) is 0.376. The molecule has 12 heteroatoms. The lowest BCUT2D eigenvalue weighted by molar-refractivity contribution is -0.192. The maximum absolute atomic E-state index is 12.0. The van der Waals surface area contributed by atoms with Crippen molar-refractivity contribution in [3.63, 3.8) is 0 Å². The normalized spacial score (nSPS) is 13.9. The zero-order valence-corrected chi connectivity index (χ0v) is 20.8. The number of fused-ring (bicyclic) bond motifs is 1. The number of benzene rings is 2. The van der Waals surface area contributed by atoms with Crippen LogP contribution in [-0.2, 0) is 4.79 Å². The number of nitrogens with two attached hydrogens (primary N) is 1. The van der Waals surface area contributed by atoms with Gasteiger partial charge in [0.2, 0.25) is 5.91 Å². The molecule has 1 aromatic heterocycles. The van der Waals surface area contributed by atoms with E-state index in [0.29, 0.717) is 29.4 Å². The van der Waals surface area contributed by atoms with Crippen LogP contribution in [0.1, 0.15) is 16.8 Å². The molecule has 0 radical (unpaired) electrons. The SMILES string of the molecule is COc1ccc(-c2cc(C(N)=O)c3ccccc3n2)cc1OCCCN1CCNCC1.O=C(O)C(F)(F)F. The highest BCUT2D eigenvalue weighted by Crippen LogP contribution is 2.33. The topological polar surface area (TPSA) is 127 Å². The lowest BCUT2D eigenvalue weighted by Gasteiger charge is -2.27. The Balaban J connectivity index is 0.000000505. The fraction of sp³-hybridized carbons (Fsp3) is 0.346. The van der Waals surface area contributed by atoms with Crippen LogP contribution < -0.4 is 20.5 Å². The van der Waals surface area contributed by atoms with Crippen LogP contribution in [0.2, 0.25) is 0 Å². The summed E-state index contributed by atoms with van der Waals surface area (Å²) in [7, 11) is 1.63. The van der Waals surface area contributed by atoms with Crippen molar-refractivity contribution in [2.24, 2.45) is 5.73 Å². The molecule has 0 spiro atoms. The number of hydrogen-bond acceptors (Lipinski definition) is 7. The number of piperazine rings is 1. The Morgan fingerprint density at radius 1 is 1.11 bits per heavy atom. The van der Waals surface area contributed by atoms with Gasteiger partial charge in [0, 0.05) is 43.7 Å². The zero-order chi connectivity index (χ0) is 27.7. The third kappa shape index (κ3) is 7.80. The Morgan fingerprint density at radius 3 is 2.42 bits per heavy atom. The van der Waals surface area contributed by atoms with Gasteiger partial charge in [0.15, 0.2) is 11.5 Å². The molecule has 0 unspecified atom stereocenters. The minimum absolute atomic E-state index is 0.454. The van der Waals surface area contributed by atoms with Gasteiger partial charge in [-0.05, 0) is 36.8 Å². The molecular weight excluding hydrogens is 505 g/mol. The molecule has 2 aromatic carbocycles. The summed E-state index contributed by atoms with van der Waals surface area (Å²) in [5.74, 6) is -1.90. The van der Waals surface area contributed by atoms with Gasteiger partial charge in [-0.25, -0.2) is 9.78 Å². The van der Waals surface area contributed by atoms with Gasteiger partial charge in [0.05, 0.1) is 30.5 Å². The first kappa shape index (κ1) is 28.7. The molecular formula is C26H29F3N4O5. The number of amides is 1. The van der Waals surface area contributed by atoms with Gasteiger partial charge in [0.25, 0.3) is 0 Å². The highest BCUT2D eigenvalue weighted by molar-refractivity contribution is 6.06. The van der Waals surface area contributed by atoms with E-state index in [4.69, 9.17) is 30.1 Å². The second kappa shape index (κ2) is 13.1. The number of para-hydroxylation sites is 1. The number of aliphatic carboxylic acids is 1. The summed E-state index contributed by atoms with van der Waals surface area (Å²) in [6.45, 7) is 5.86. The molecule has 0 atom stereocenters. The fourth-order valence-corrected chi connectivity index (χ4v) is 3.88. The molecule has 1 saturated heterocycles. The molecule has 4 N–H and O–H groups in total. The van der Waals surface area contributed by atoms with Crippen LogP contribution in [0.4, 0.5) is 13.2 Å². The standard InChI is InChI=1S/C24H28N4O3.C2HF3O2/c1-30-22-8-7-17(15-23(22)31-14-4-11-28-12-9-26-10-13-28)21-16-19(24(25)29)18-5-2-3-6-20(18)27-21;3-2(4,5)1(6)7/h2-3,5-8,15-16,26H,4,9-14H2,1H3,(H2,25,29);(H,6,7). The number of carbonyl (C=O) groups excluding carboxylic acids is 1. The first-order valence-electron chi connectivity index (χ1n) is 11.8. The average Bonchev–Trinajstić information content (AvgIpc) is 2.90. The molecule has 0 saturated carbocycles. The van der Waals surface area contributed by atoms with Crippen LogP contribution in [0, 0.1) is 0 Å². The van der Waals surface area contributed by atoms with Gasteiger partial charge in [-0.15, -0.1) is 0 Å². The van der Waals surface area contributed by atoms with Gasteiger partial charge in [-0.3, -0.25) is 4.79 Å². The van der Waals surface area contributed by atoms with E-state index in [-0.39, 0.29) is 0 Å². The van der Waals surface area contributed by atoms with Crippen LogP contribution in [0.5, 0.6) is 11.5 Å². The second-order valence-corrected chi connectivity index (χ2v) is 8.40. The molecule has 1 amide bonds. The lowest BCUT2D eigenvalue weighted by atomic mass is 10.0. The van der Waals surface area contributed by atoms with E-state index in [1.165, 1.54) is 0 Å². The zero-order valence-electron chi connectivity index (χ0n) is 20.8. The summed E-state index contributed by atoms with van der Waals surface area (Å²) < 4.78 is 43.3. The van der Waals surface area contributed by atoms with Gasteiger partial charge in [0.1, 0.15) is 0 Å². The van der Waals surface area contributed by atoms with Crippen molar-refractivity contribution in [1.82, 2.24) is 15.2 Å². The van der Waals surface area contributed by atoms with Crippen LogP contribution in [0.25, 0.3) is 22.2 Å². The van der Waals surface area contributed by atoms with E-state index in [0.717, 1.165) is 55.6 Å². The van der Waals surface area contributed by atoms with Crippen LogP contribution in [0.15, 0.2) is 48.5 Å². The number of carboxylic acids is 1. The molecule has 38 heavy (non-hydrogen) atoms. The van der Waals surface area contributed by atoms with E-state index in [1.54, 1.807) is 13.2 Å². The molecule has 3 aromatic rings. The highest BCUT2D eigenvalue weighted by Gasteiger charge is 2.38. The molecule has 0 aliphatic carbocycles. The predicted octanol–water partition coefficient (Wildman–Crippen LogP) is 3.32. The summed E-state index contributed by atoms with van der Waals surface area (Å²) in [6, 6.07) is 14.9. The number of nitrogens with zero attached hydrogens (tertiary/aromatic N) is 2. The number of pyridine rings is 1. The maximum Gasteiger partial charge on any atom is 0.490 e. The van der Waals surface area contributed by atoms with Gasteiger partial charge in [-0.2, -0.15) is 13.2 Å². The third-order valence-corrected chi connectivity index (χ3v) is 5.77. The number of carbonyl (C=O) groups is 2. The van der Waals surface area contributed by atoms with Crippen molar-refractivity contribution in [2.75, 3.05) is 46.4 Å². The van der Waals surface area contributed by atoms with Crippen molar-refractivity contribution in [1.29, 1.82) is 0 Å². The summed E-state index contributed by atoms with van der Waals surface area (Å²) in [5, 5.41) is 11.2. The number of carboxylic acid groups (broad SMARTS) is 1. The number of methoxy groups -OCH3 is 1. The molecule has 1 aliphatic rings. The van der Waals surface area contributed by atoms with E-state index in [2.05, 4.69) is 10.2 Å². The number of alkyl halides is 3. The maximum atomic E-state index is 12.0. The first-order chi connectivity index (χ1) is 18.1. The van der Waals surface area contributed by atoms with Crippen molar-refractivity contribution >= 4 is 22.8 Å². The number of halogens is 3. The minimum Gasteiger partial charge on any atom is -0.493 e. The molecule has 0 bridgehead atoms. The van der Waals surface area contributed by atoms with Gasteiger partial charge in [-0.1, -0.05) is 18.2 Å². The largest absolute Gasteiger partial charge is 0.493 e. The minimum atomic E-state index is -5.08. The summed E-state index contributed by atoms with van der Waals surface area (Å²) in [5.41, 5.74) is 8.31. The third-order valence-electron chi connectivity index (χ3n) is 5.77. The molecule has 1 fully saturated rings. The number of nitrogens with one attached hydrogen (secondary N) is 1. The lowest BCUT2D eigenvalue weighted by Crippen LogP contribution is -2.43. The van der Waals surface area contributed by atoms with Crippen molar-refractivity contribution in [3.05, 3.63) is 54.1 Å². The summed E-state index contributed by atoms with van der Waals surface area (Å²) in [6.07, 6.45) is -4.15. The van der Waals surface area contributed by atoms with Crippen LogP contribution >= 0.6 is 0 Å². The Kier molecular flexibility index (Phi) is 9.85. The van der Waals surface area contributed by atoms with Gasteiger partial charge >= 0.3 is 12.1 Å². The molecule has 4 rings (SSSR count). The smallest absolute Gasteiger partial charge is 0.490 e. The monoisotopic (exact) mass is 534 g/mol. The fourth-order valence-electron chi connectivity index (χ4n) is 3.88. The average molecular weight is 535 g/mol. The highest BCUT2D eigenvalue weighted by atomic mass is 19.4.